The van der Waals surface area contributed by atoms with Gasteiger partial charge >= 0.3 is 0 Å². The van der Waals surface area contributed by atoms with E-state index in [4.69, 9.17) is 6.42 Å². The zero-order valence-corrected chi connectivity index (χ0v) is 9.54. The molecule has 2 fully saturated rings. The monoisotopic (exact) mass is 206 g/mol. The summed E-state index contributed by atoms with van der Waals surface area (Å²) in [5, 5.41) is 3.54. The van der Waals surface area contributed by atoms with Crippen molar-refractivity contribution < 1.29 is 0 Å². The minimum absolute atomic E-state index is 0.754. The summed E-state index contributed by atoms with van der Waals surface area (Å²) in [7, 11) is 0. The molecule has 0 aromatic carbocycles. The number of rotatable bonds is 6. The quantitative estimate of drug-likeness (QED) is 0.662. The van der Waals surface area contributed by atoms with Crippen LogP contribution < -0.4 is 5.32 Å². The largest absolute Gasteiger partial charge is 0.314 e. The lowest BCUT2D eigenvalue weighted by Gasteiger charge is -2.21. The van der Waals surface area contributed by atoms with Crippen LogP contribution >= 0.6 is 0 Å². The second-order valence-electron chi connectivity index (χ2n) is 4.96. The molecule has 1 saturated heterocycles. The van der Waals surface area contributed by atoms with E-state index in [-0.39, 0.29) is 0 Å². The predicted octanol–water partition coefficient (Wildman–Crippen LogP) is 1.47. The summed E-state index contributed by atoms with van der Waals surface area (Å²) in [6.07, 6.45) is 12.2. The molecule has 0 bridgehead atoms. The zero-order valence-electron chi connectivity index (χ0n) is 9.54. The maximum absolute atomic E-state index is 5.40. The molecule has 1 aliphatic heterocycles. The Labute approximate surface area is 93.4 Å². The van der Waals surface area contributed by atoms with Crippen molar-refractivity contribution >= 4 is 0 Å². The molecule has 2 heteroatoms. The van der Waals surface area contributed by atoms with Crippen molar-refractivity contribution in [1.82, 2.24) is 10.2 Å². The van der Waals surface area contributed by atoms with E-state index in [1.165, 1.54) is 51.7 Å². The topological polar surface area (TPSA) is 15.3 Å². The van der Waals surface area contributed by atoms with Crippen molar-refractivity contribution in [2.75, 3.05) is 26.2 Å². The zero-order chi connectivity index (χ0) is 10.5. The summed E-state index contributed by atoms with van der Waals surface area (Å²) in [5.74, 6) is 3.74. The van der Waals surface area contributed by atoms with E-state index in [1.54, 1.807) is 0 Å². The lowest BCUT2D eigenvalue weighted by molar-refractivity contribution is 0.278. The molecule has 2 aliphatic rings. The number of nitrogens with zero attached hydrogens (tertiary/aromatic N) is 1. The third kappa shape index (κ3) is 3.85. The molecule has 1 atom stereocenters. The summed E-state index contributed by atoms with van der Waals surface area (Å²) < 4.78 is 0. The van der Waals surface area contributed by atoms with E-state index in [0.29, 0.717) is 0 Å². The van der Waals surface area contributed by atoms with Crippen LogP contribution in [0.5, 0.6) is 0 Å². The second-order valence-corrected chi connectivity index (χ2v) is 4.96. The van der Waals surface area contributed by atoms with Gasteiger partial charge in [-0.1, -0.05) is 5.92 Å². The van der Waals surface area contributed by atoms with Gasteiger partial charge in [0.15, 0.2) is 0 Å². The molecule has 1 saturated carbocycles. The molecule has 1 N–H and O–H groups in total. The average molecular weight is 206 g/mol. The summed E-state index contributed by atoms with van der Waals surface area (Å²) in [6, 6.07) is 0.754. The third-order valence-corrected chi connectivity index (χ3v) is 3.48. The Morgan fingerprint density at radius 3 is 2.80 bits per heavy atom. The lowest BCUT2D eigenvalue weighted by Crippen LogP contribution is -2.32. The molecule has 1 heterocycles. The van der Waals surface area contributed by atoms with Crippen LogP contribution in [-0.4, -0.2) is 37.1 Å². The normalized spacial score (nSPS) is 25.7. The Hall–Kier alpha value is -0.520. The van der Waals surface area contributed by atoms with Gasteiger partial charge in [0.2, 0.25) is 0 Å². The van der Waals surface area contributed by atoms with Crippen LogP contribution in [0.3, 0.4) is 0 Å². The standard InChI is InChI=1S/C13H22N2/c1-2-9-15(11-12-5-6-12)10-7-13-4-3-8-14-13/h1,12-14H,3-11H2. The van der Waals surface area contributed by atoms with Crippen molar-refractivity contribution in [2.24, 2.45) is 5.92 Å². The maximum atomic E-state index is 5.40. The van der Waals surface area contributed by atoms with Gasteiger partial charge in [-0.05, 0) is 44.6 Å². The number of terminal acetylenes is 1. The van der Waals surface area contributed by atoms with E-state index in [0.717, 1.165) is 18.5 Å². The second kappa shape index (κ2) is 5.53. The first kappa shape index (κ1) is 11.0. The van der Waals surface area contributed by atoms with Gasteiger partial charge in [0.05, 0.1) is 6.54 Å². The predicted molar refractivity (Wildman–Crippen MR) is 63.6 cm³/mol. The molecular formula is C13H22N2. The highest BCUT2D eigenvalue weighted by atomic mass is 15.1. The number of nitrogens with one attached hydrogen (secondary N) is 1. The van der Waals surface area contributed by atoms with Crippen LogP contribution in [0, 0.1) is 18.3 Å². The highest BCUT2D eigenvalue weighted by Gasteiger charge is 2.24. The minimum atomic E-state index is 0.754. The van der Waals surface area contributed by atoms with E-state index in [1.807, 2.05) is 0 Å². The molecule has 15 heavy (non-hydrogen) atoms. The molecule has 1 unspecified atom stereocenters. The summed E-state index contributed by atoms with van der Waals surface area (Å²) in [4.78, 5) is 2.46. The van der Waals surface area contributed by atoms with Crippen LogP contribution in [0.15, 0.2) is 0 Å². The number of hydrogen-bond donors (Lipinski definition) is 1. The fourth-order valence-electron chi connectivity index (χ4n) is 2.37. The van der Waals surface area contributed by atoms with Gasteiger partial charge in [0.1, 0.15) is 0 Å². The van der Waals surface area contributed by atoms with Gasteiger partial charge in [0, 0.05) is 19.1 Å². The first-order valence-electron chi connectivity index (χ1n) is 6.27. The molecule has 84 valence electrons. The highest BCUT2D eigenvalue weighted by molar-refractivity contribution is 4.90. The van der Waals surface area contributed by atoms with E-state index < -0.39 is 0 Å². The molecular weight excluding hydrogens is 184 g/mol. The average Bonchev–Trinajstić information content (AvgIpc) is 2.90. The SMILES string of the molecule is C#CCN(CCC1CCCN1)CC1CC1. The Balaban J connectivity index is 1.65. The highest BCUT2D eigenvalue weighted by Crippen LogP contribution is 2.29. The molecule has 0 spiro atoms. The van der Waals surface area contributed by atoms with Crippen LogP contribution in [-0.2, 0) is 0 Å². The smallest absolute Gasteiger partial charge is 0.0599 e. The van der Waals surface area contributed by atoms with Gasteiger partial charge in [-0.15, -0.1) is 6.42 Å². The first-order valence-corrected chi connectivity index (χ1v) is 6.27. The molecule has 2 nitrogen and oxygen atoms in total. The van der Waals surface area contributed by atoms with Crippen molar-refractivity contribution in [2.45, 2.75) is 38.1 Å². The van der Waals surface area contributed by atoms with E-state index >= 15 is 0 Å². The lowest BCUT2D eigenvalue weighted by atomic mass is 10.1. The molecule has 0 amide bonds. The van der Waals surface area contributed by atoms with Gasteiger partial charge in [-0.2, -0.15) is 0 Å². The Bertz CT molecular complexity index is 221. The summed E-state index contributed by atoms with van der Waals surface area (Å²) >= 11 is 0. The van der Waals surface area contributed by atoms with Crippen molar-refractivity contribution in [3.63, 3.8) is 0 Å². The third-order valence-electron chi connectivity index (χ3n) is 3.48. The fraction of sp³-hybridized carbons (Fsp3) is 0.846. The molecule has 1 aliphatic carbocycles. The van der Waals surface area contributed by atoms with Crippen molar-refractivity contribution in [1.29, 1.82) is 0 Å². The fourth-order valence-corrected chi connectivity index (χ4v) is 2.37. The number of hydrogen-bond acceptors (Lipinski definition) is 2. The molecule has 0 aromatic heterocycles. The summed E-state index contributed by atoms with van der Waals surface area (Å²) in [6.45, 7) is 4.46. The van der Waals surface area contributed by atoms with Crippen molar-refractivity contribution in [3.8, 4) is 12.3 Å². The van der Waals surface area contributed by atoms with Gasteiger partial charge < -0.3 is 5.32 Å². The Kier molecular flexibility index (Phi) is 4.05. The van der Waals surface area contributed by atoms with Gasteiger partial charge in [-0.3, -0.25) is 4.90 Å². The van der Waals surface area contributed by atoms with Gasteiger partial charge in [-0.25, -0.2) is 0 Å². The Morgan fingerprint density at radius 1 is 1.33 bits per heavy atom. The van der Waals surface area contributed by atoms with Crippen molar-refractivity contribution in [3.05, 3.63) is 0 Å². The van der Waals surface area contributed by atoms with E-state index in [2.05, 4.69) is 16.1 Å². The molecule has 0 radical (unpaired) electrons. The van der Waals surface area contributed by atoms with Gasteiger partial charge in [0.25, 0.3) is 0 Å². The first-order chi connectivity index (χ1) is 7.38. The maximum Gasteiger partial charge on any atom is 0.0599 e. The summed E-state index contributed by atoms with van der Waals surface area (Å²) in [5.41, 5.74) is 0. The van der Waals surface area contributed by atoms with E-state index in [9.17, 15) is 0 Å². The van der Waals surface area contributed by atoms with Crippen LogP contribution in [0.4, 0.5) is 0 Å². The minimum Gasteiger partial charge on any atom is -0.314 e. The molecule has 0 aromatic rings. The van der Waals surface area contributed by atoms with Crippen LogP contribution in [0.25, 0.3) is 0 Å². The Morgan fingerprint density at radius 2 is 2.20 bits per heavy atom. The van der Waals surface area contributed by atoms with Crippen LogP contribution in [0.1, 0.15) is 32.1 Å². The van der Waals surface area contributed by atoms with Crippen LogP contribution in [0.2, 0.25) is 0 Å². The molecule has 2 rings (SSSR count).